The highest BCUT2D eigenvalue weighted by Gasteiger charge is 2.18. The highest BCUT2D eigenvalue weighted by Crippen LogP contribution is 2.21. The van der Waals surface area contributed by atoms with E-state index in [2.05, 4.69) is 48.5 Å². The van der Waals surface area contributed by atoms with Crippen molar-refractivity contribution in [3.8, 4) is 0 Å². The van der Waals surface area contributed by atoms with E-state index in [4.69, 9.17) is 0 Å². The molecule has 0 unspecified atom stereocenters. The number of hydrogen-bond donors (Lipinski definition) is 1. The number of aromatic nitrogens is 2. The van der Waals surface area contributed by atoms with Gasteiger partial charge >= 0.3 is 0 Å². The summed E-state index contributed by atoms with van der Waals surface area (Å²) in [5.74, 6) is 0. The number of hydrogen-bond acceptors (Lipinski definition) is 3. The number of nitrogens with zero attached hydrogens (tertiary/aromatic N) is 3. The summed E-state index contributed by atoms with van der Waals surface area (Å²) in [6, 6.07) is 3.37. The van der Waals surface area contributed by atoms with Crippen LogP contribution in [0, 0.1) is 0 Å². The summed E-state index contributed by atoms with van der Waals surface area (Å²) in [5.41, 5.74) is 1.14. The Labute approximate surface area is 117 Å². The Bertz CT molecular complexity index is 366. The van der Waals surface area contributed by atoms with Gasteiger partial charge in [0.05, 0.1) is 5.69 Å². The third-order valence-corrected chi connectivity index (χ3v) is 4.09. The molecule has 4 nitrogen and oxygen atoms in total. The maximum atomic E-state index is 4.54. The number of rotatable bonds is 7. The first kappa shape index (κ1) is 14.5. The topological polar surface area (TPSA) is 33.1 Å². The van der Waals surface area contributed by atoms with E-state index in [1.54, 1.807) is 0 Å². The molecule has 1 saturated carbocycles. The van der Waals surface area contributed by atoms with Gasteiger partial charge in [0.2, 0.25) is 0 Å². The van der Waals surface area contributed by atoms with Crippen molar-refractivity contribution in [2.75, 3.05) is 20.1 Å². The first-order valence-corrected chi connectivity index (χ1v) is 7.62. The summed E-state index contributed by atoms with van der Waals surface area (Å²) < 4.78 is 2.02. The lowest BCUT2D eigenvalue weighted by Crippen LogP contribution is -2.35. The van der Waals surface area contributed by atoms with Crippen LogP contribution in [0.3, 0.4) is 0 Å². The van der Waals surface area contributed by atoms with E-state index < -0.39 is 0 Å². The van der Waals surface area contributed by atoms with Crippen LogP contribution >= 0.6 is 0 Å². The molecule has 1 heterocycles. The predicted octanol–water partition coefficient (Wildman–Crippen LogP) is 2.43. The molecule has 0 saturated heterocycles. The van der Waals surface area contributed by atoms with Crippen LogP contribution in [0.25, 0.3) is 0 Å². The molecule has 0 aromatic carbocycles. The second kappa shape index (κ2) is 7.06. The second-order valence-corrected chi connectivity index (χ2v) is 5.98. The third kappa shape index (κ3) is 4.32. The van der Waals surface area contributed by atoms with Crippen LogP contribution in [0.1, 0.15) is 51.3 Å². The molecule has 2 rings (SSSR count). The molecule has 0 atom stereocenters. The Morgan fingerprint density at radius 1 is 1.42 bits per heavy atom. The normalized spacial score (nSPS) is 16.9. The first-order valence-electron chi connectivity index (χ1n) is 7.62. The lowest BCUT2D eigenvalue weighted by molar-refractivity contribution is 0.245. The molecule has 1 N–H and O–H groups in total. The van der Waals surface area contributed by atoms with Gasteiger partial charge < -0.3 is 10.2 Å². The van der Waals surface area contributed by atoms with E-state index in [0.29, 0.717) is 6.04 Å². The number of nitrogens with one attached hydrogen (secondary N) is 1. The highest BCUT2D eigenvalue weighted by molar-refractivity contribution is 4.99. The molecule has 1 fully saturated rings. The average molecular weight is 264 g/mol. The van der Waals surface area contributed by atoms with Crippen molar-refractivity contribution in [1.29, 1.82) is 0 Å². The molecule has 0 amide bonds. The van der Waals surface area contributed by atoms with E-state index >= 15 is 0 Å². The molecule has 1 aliphatic rings. The standard InChI is InChI=1S/C15H28N4/c1-13(2)19-10-8-14(17-19)12-16-9-11-18(3)15-6-4-5-7-15/h8,10,13,15-16H,4-7,9,11-12H2,1-3H3. The Hall–Kier alpha value is -0.870. The van der Waals surface area contributed by atoms with Gasteiger partial charge in [-0.05, 0) is 39.8 Å². The number of likely N-dealkylation sites (N-methyl/N-ethyl adjacent to an activating group) is 1. The molecular weight excluding hydrogens is 236 g/mol. The van der Waals surface area contributed by atoms with Crippen molar-refractivity contribution >= 4 is 0 Å². The molecule has 1 aromatic rings. The van der Waals surface area contributed by atoms with Crippen LogP contribution in [-0.2, 0) is 6.54 Å². The molecule has 108 valence electrons. The van der Waals surface area contributed by atoms with Crippen molar-refractivity contribution in [1.82, 2.24) is 20.0 Å². The molecule has 0 aliphatic heterocycles. The fourth-order valence-corrected chi connectivity index (χ4v) is 2.76. The van der Waals surface area contributed by atoms with Gasteiger partial charge in [0, 0.05) is 37.9 Å². The van der Waals surface area contributed by atoms with Gasteiger partial charge in [-0.1, -0.05) is 12.8 Å². The summed E-state index contributed by atoms with van der Waals surface area (Å²) >= 11 is 0. The van der Waals surface area contributed by atoms with Gasteiger partial charge in [-0.15, -0.1) is 0 Å². The lowest BCUT2D eigenvalue weighted by atomic mass is 10.2. The summed E-state index contributed by atoms with van der Waals surface area (Å²) in [7, 11) is 2.26. The summed E-state index contributed by atoms with van der Waals surface area (Å²) in [5, 5.41) is 8.04. The SMILES string of the molecule is CC(C)n1ccc(CNCCN(C)C2CCCC2)n1. The van der Waals surface area contributed by atoms with Crippen LogP contribution < -0.4 is 5.32 Å². The average Bonchev–Trinajstić information content (AvgIpc) is 3.05. The predicted molar refractivity (Wildman–Crippen MR) is 79.2 cm³/mol. The molecule has 1 aromatic heterocycles. The van der Waals surface area contributed by atoms with E-state index in [-0.39, 0.29) is 0 Å². The van der Waals surface area contributed by atoms with Gasteiger partial charge in [-0.25, -0.2) is 0 Å². The zero-order valence-corrected chi connectivity index (χ0v) is 12.6. The summed E-state index contributed by atoms with van der Waals surface area (Å²) in [6.07, 6.45) is 7.65. The molecule has 4 heteroatoms. The van der Waals surface area contributed by atoms with Gasteiger partial charge in [0.1, 0.15) is 0 Å². The van der Waals surface area contributed by atoms with E-state index in [0.717, 1.165) is 31.4 Å². The maximum absolute atomic E-state index is 4.54. The molecule has 1 aliphatic carbocycles. The second-order valence-electron chi connectivity index (χ2n) is 5.98. The minimum Gasteiger partial charge on any atom is -0.310 e. The zero-order chi connectivity index (χ0) is 13.7. The minimum absolute atomic E-state index is 0.447. The van der Waals surface area contributed by atoms with Crippen LogP contribution in [0.5, 0.6) is 0 Å². The fourth-order valence-electron chi connectivity index (χ4n) is 2.76. The quantitative estimate of drug-likeness (QED) is 0.768. The zero-order valence-electron chi connectivity index (χ0n) is 12.6. The van der Waals surface area contributed by atoms with Crippen molar-refractivity contribution in [2.24, 2.45) is 0 Å². The third-order valence-electron chi connectivity index (χ3n) is 4.09. The molecule has 0 radical (unpaired) electrons. The Kier molecular flexibility index (Phi) is 5.40. The summed E-state index contributed by atoms with van der Waals surface area (Å²) in [4.78, 5) is 2.51. The van der Waals surface area contributed by atoms with Crippen LogP contribution in [0.4, 0.5) is 0 Å². The highest BCUT2D eigenvalue weighted by atomic mass is 15.3. The largest absolute Gasteiger partial charge is 0.310 e. The van der Waals surface area contributed by atoms with Crippen molar-refractivity contribution < 1.29 is 0 Å². The Morgan fingerprint density at radius 2 is 2.16 bits per heavy atom. The van der Waals surface area contributed by atoms with E-state index in [1.165, 1.54) is 25.7 Å². The molecular formula is C15H28N4. The molecule has 0 bridgehead atoms. The first-order chi connectivity index (χ1) is 9.16. The Morgan fingerprint density at radius 3 is 2.79 bits per heavy atom. The van der Waals surface area contributed by atoms with Gasteiger partial charge in [0.15, 0.2) is 0 Å². The summed E-state index contributed by atoms with van der Waals surface area (Å²) in [6.45, 7) is 7.36. The van der Waals surface area contributed by atoms with Crippen LogP contribution in [0.15, 0.2) is 12.3 Å². The van der Waals surface area contributed by atoms with Crippen LogP contribution in [-0.4, -0.2) is 40.9 Å². The van der Waals surface area contributed by atoms with Crippen molar-refractivity contribution in [3.63, 3.8) is 0 Å². The van der Waals surface area contributed by atoms with Gasteiger partial charge in [-0.2, -0.15) is 5.10 Å². The van der Waals surface area contributed by atoms with E-state index in [9.17, 15) is 0 Å². The van der Waals surface area contributed by atoms with Crippen LogP contribution in [0.2, 0.25) is 0 Å². The fraction of sp³-hybridized carbons (Fsp3) is 0.800. The molecule has 0 spiro atoms. The van der Waals surface area contributed by atoms with Crippen molar-refractivity contribution in [3.05, 3.63) is 18.0 Å². The van der Waals surface area contributed by atoms with Gasteiger partial charge in [0.25, 0.3) is 0 Å². The van der Waals surface area contributed by atoms with E-state index in [1.807, 2.05) is 4.68 Å². The lowest BCUT2D eigenvalue weighted by Gasteiger charge is -2.23. The minimum atomic E-state index is 0.447. The Balaban J connectivity index is 1.63. The smallest absolute Gasteiger partial charge is 0.0762 e. The van der Waals surface area contributed by atoms with Crippen molar-refractivity contribution in [2.45, 2.75) is 58.2 Å². The molecule has 19 heavy (non-hydrogen) atoms. The van der Waals surface area contributed by atoms with Gasteiger partial charge in [-0.3, -0.25) is 4.68 Å². The maximum Gasteiger partial charge on any atom is 0.0762 e. The monoisotopic (exact) mass is 264 g/mol.